The summed E-state index contributed by atoms with van der Waals surface area (Å²) in [4.78, 5) is 8.37. The molecule has 1 aliphatic heterocycles. The van der Waals surface area contributed by atoms with Gasteiger partial charge in [-0.25, -0.2) is 22.5 Å². The number of anilines is 4. The van der Waals surface area contributed by atoms with Crippen molar-refractivity contribution in [1.82, 2.24) is 9.55 Å². The fourth-order valence-electron chi connectivity index (χ4n) is 9.16. The van der Waals surface area contributed by atoms with E-state index in [2.05, 4.69) is 39.0 Å². The largest absolute Gasteiger partial charge is 0.509 e. The van der Waals surface area contributed by atoms with E-state index in [0.717, 1.165) is 34.0 Å². The molecule has 10 aromatic rings. The van der Waals surface area contributed by atoms with E-state index in [-0.39, 0.29) is 84.2 Å². The van der Waals surface area contributed by atoms with Gasteiger partial charge in [-0.1, -0.05) is 120 Å². The molecule has 0 radical (unpaired) electrons. The van der Waals surface area contributed by atoms with Gasteiger partial charge < -0.3 is 19.1 Å². The maximum Gasteiger partial charge on any atom is 0.135 e. The molecule has 0 saturated carbocycles. The van der Waals surface area contributed by atoms with Gasteiger partial charge in [-0.3, -0.25) is 0 Å². The first-order valence-corrected chi connectivity index (χ1v) is 23.1. The van der Waals surface area contributed by atoms with Crippen LogP contribution in [0.25, 0.3) is 61.0 Å². The number of hydrogen-bond acceptors (Lipinski definition) is 4. The molecule has 8 aromatic carbocycles. The third kappa shape index (κ3) is 9.07. The van der Waals surface area contributed by atoms with Crippen molar-refractivity contribution in [2.45, 2.75) is 52.4 Å². The maximum atomic E-state index is 15.1. The van der Waals surface area contributed by atoms with Crippen LogP contribution in [0.2, 0.25) is 0 Å². The topological polar surface area (TPSA) is 33.5 Å². The summed E-state index contributed by atoms with van der Waals surface area (Å²) in [6, 6.07) is 43.9. The third-order valence-electron chi connectivity index (χ3n) is 12.6. The van der Waals surface area contributed by atoms with E-state index in [1.807, 2.05) is 86.0 Å². The molecule has 362 valence electrons. The Hall–Kier alpha value is -7.48. The monoisotopic (exact) mass is 1140 g/mol. The smallest absolute Gasteiger partial charge is 0.135 e. The summed E-state index contributed by atoms with van der Waals surface area (Å²) in [5, 5.41) is 1.89. The van der Waals surface area contributed by atoms with Gasteiger partial charge in [0.05, 0.1) is 5.48 Å². The summed E-state index contributed by atoms with van der Waals surface area (Å²) in [5.74, 6) is -2.14. The van der Waals surface area contributed by atoms with E-state index in [0.29, 0.717) is 51.0 Å². The Morgan fingerprint density at radius 2 is 1.14 bits per heavy atom. The Kier molecular flexibility index (Phi) is 11.2. The van der Waals surface area contributed by atoms with Crippen LogP contribution >= 0.6 is 0 Å². The SMILES string of the molecule is [2H]c1c([2H])c(C(C)(C)C)c([2H])c([2H])c1-c1cc(Oc2[c-]c3c(cc2)c2ccccc2n3-c2cc(C(C)(C)C)ccn2)[c-]c(N2[CH-]N(c3c(-c4cc(F)cc(F)c4)cccc3-c3cc(F)cc(F)c3)c3ccccc32)c1.[Pt]. The van der Waals surface area contributed by atoms with E-state index in [9.17, 15) is 5.48 Å². The Labute approximate surface area is 436 Å². The van der Waals surface area contributed by atoms with Gasteiger partial charge in [0.2, 0.25) is 0 Å². The number of rotatable bonds is 8. The molecule has 0 atom stereocenters. The molecule has 0 N–H and O–H groups in total. The molecular formula is C62H47F4N4OPt-3. The molecule has 3 heterocycles. The van der Waals surface area contributed by atoms with E-state index in [1.165, 1.54) is 24.3 Å². The molecule has 0 spiro atoms. The number of para-hydroxylation sites is 4. The van der Waals surface area contributed by atoms with Crippen LogP contribution in [-0.4, -0.2) is 9.55 Å². The molecule has 72 heavy (non-hydrogen) atoms. The molecule has 5 nitrogen and oxygen atoms in total. The number of fused-ring (bicyclic) bond motifs is 4. The van der Waals surface area contributed by atoms with Crippen molar-refractivity contribution in [3.05, 3.63) is 223 Å². The number of nitrogens with zero attached hydrogens (tertiary/aromatic N) is 4. The molecule has 0 aliphatic carbocycles. The molecule has 1 aliphatic rings. The van der Waals surface area contributed by atoms with E-state index < -0.39 is 28.7 Å². The number of pyridine rings is 1. The number of hydrogen-bond donors (Lipinski definition) is 0. The standard InChI is InChI=1S/C62H47F4N4O.Pt/c1-61(2,3)42-20-18-38(19-21-42)39-30-48(35-50(31-39)71-49-22-23-54-53-12-7-8-15-55(53)70(58(54)36-49)59-32-43(24-25-67-59)62(4,5)6)68-37-69(57-17-10-9-16-56(57)68)60-51(40-26-44(63)33-45(64)27-40)13-11-14-52(60)41-28-46(65)34-47(66)29-41;/h7-34,37H,1-6H3;/q-3;/i18D,19D,20D,21D;. The molecule has 0 saturated heterocycles. The minimum absolute atomic E-state index is 0. The molecule has 11 rings (SSSR count). The van der Waals surface area contributed by atoms with Crippen molar-refractivity contribution in [2.75, 3.05) is 9.80 Å². The zero-order valence-electron chi connectivity index (χ0n) is 44.0. The second kappa shape index (κ2) is 18.6. The van der Waals surface area contributed by atoms with Crippen LogP contribution in [-0.2, 0) is 31.9 Å². The first kappa shape index (κ1) is 43.3. The first-order chi connectivity index (χ1) is 35.7. The molecular weight excluding hydrogens is 1090 g/mol. The van der Waals surface area contributed by atoms with Crippen molar-refractivity contribution in [3.63, 3.8) is 0 Å². The minimum atomic E-state index is -0.821. The normalized spacial score (nSPS) is 13.4. The second-order valence-corrected chi connectivity index (χ2v) is 19.7. The Morgan fingerprint density at radius 1 is 0.542 bits per heavy atom. The van der Waals surface area contributed by atoms with Crippen LogP contribution < -0.4 is 14.5 Å². The number of aromatic nitrogens is 2. The van der Waals surface area contributed by atoms with Crippen molar-refractivity contribution in [3.8, 4) is 50.7 Å². The van der Waals surface area contributed by atoms with Crippen molar-refractivity contribution in [1.29, 1.82) is 0 Å². The van der Waals surface area contributed by atoms with Crippen molar-refractivity contribution in [2.24, 2.45) is 0 Å². The average Bonchev–Trinajstić information content (AvgIpc) is 3.94. The predicted octanol–water partition coefficient (Wildman–Crippen LogP) is 17.1. The predicted molar refractivity (Wildman–Crippen MR) is 278 cm³/mol. The van der Waals surface area contributed by atoms with E-state index in [1.54, 1.807) is 59.1 Å². The van der Waals surface area contributed by atoms with Gasteiger partial charge in [-0.15, -0.1) is 53.6 Å². The molecule has 0 fully saturated rings. The van der Waals surface area contributed by atoms with Crippen LogP contribution in [0.1, 0.15) is 58.2 Å². The van der Waals surface area contributed by atoms with Gasteiger partial charge in [0.1, 0.15) is 29.1 Å². The quantitative estimate of drug-likeness (QED) is 0.112. The molecule has 0 amide bonds. The van der Waals surface area contributed by atoms with Gasteiger partial charge in [0.25, 0.3) is 0 Å². The van der Waals surface area contributed by atoms with Crippen LogP contribution in [0.4, 0.5) is 40.3 Å². The zero-order chi connectivity index (χ0) is 52.8. The van der Waals surface area contributed by atoms with Crippen LogP contribution in [0, 0.1) is 42.1 Å². The number of benzene rings is 8. The summed E-state index contributed by atoms with van der Waals surface area (Å²) in [7, 11) is 0. The average molecular weight is 1140 g/mol. The van der Waals surface area contributed by atoms with E-state index in [4.69, 9.17) is 9.72 Å². The summed E-state index contributed by atoms with van der Waals surface area (Å²) < 4.78 is 106. The van der Waals surface area contributed by atoms with Crippen LogP contribution in [0.3, 0.4) is 0 Å². The fourth-order valence-corrected chi connectivity index (χ4v) is 9.16. The summed E-state index contributed by atoms with van der Waals surface area (Å²) >= 11 is 0. The fraction of sp³-hybridized carbons (Fsp3) is 0.129. The Balaban J connectivity index is 0.00000657. The van der Waals surface area contributed by atoms with E-state index >= 15 is 17.6 Å². The first-order valence-electron chi connectivity index (χ1n) is 25.1. The van der Waals surface area contributed by atoms with Crippen molar-refractivity contribution >= 4 is 44.6 Å². The van der Waals surface area contributed by atoms with Gasteiger partial charge >= 0.3 is 0 Å². The number of ether oxygens (including phenoxy) is 1. The third-order valence-corrected chi connectivity index (χ3v) is 12.6. The van der Waals surface area contributed by atoms with Gasteiger partial charge in [0.15, 0.2) is 0 Å². The molecule has 10 heteroatoms. The molecule has 2 aromatic heterocycles. The molecule has 0 bridgehead atoms. The molecule has 0 unspecified atom stereocenters. The maximum absolute atomic E-state index is 15.1. The summed E-state index contributed by atoms with van der Waals surface area (Å²) in [6.07, 6.45) is 1.80. The van der Waals surface area contributed by atoms with Gasteiger partial charge in [0, 0.05) is 84.6 Å². The minimum Gasteiger partial charge on any atom is -0.509 e. The Bertz CT molecular complexity index is 3820. The van der Waals surface area contributed by atoms with Gasteiger partial charge in [-0.2, -0.15) is 6.07 Å². The second-order valence-electron chi connectivity index (χ2n) is 19.7. The van der Waals surface area contributed by atoms with Crippen LogP contribution in [0.15, 0.2) is 170 Å². The van der Waals surface area contributed by atoms with Crippen LogP contribution in [0.5, 0.6) is 11.5 Å². The van der Waals surface area contributed by atoms with Crippen molar-refractivity contribution < 1.29 is 48.8 Å². The summed E-state index contributed by atoms with van der Waals surface area (Å²) in [6.45, 7) is 13.7. The van der Waals surface area contributed by atoms with Gasteiger partial charge in [-0.05, 0) is 98.6 Å². The number of halogens is 4. The summed E-state index contributed by atoms with van der Waals surface area (Å²) in [5.41, 5.74) is 5.26. The Morgan fingerprint density at radius 3 is 1.76 bits per heavy atom. The zero-order valence-corrected chi connectivity index (χ0v) is 42.2.